The average molecular weight is 529 g/mol. The lowest BCUT2D eigenvalue weighted by Gasteiger charge is -2.24. The fourth-order valence-electron chi connectivity index (χ4n) is 3.18. The van der Waals surface area contributed by atoms with Crippen molar-refractivity contribution < 1.29 is 36.3 Å². The van der Waals surface area contributed by atoms with Gasteiger partial charge in [0.05, 0.1) is 19.8 Å². The molecule has 0 aliphatic heterocycles. The molecule has 0 unspecified atom stereocenters. The third-order valence-corrected chi connectivity index (χ3v) is 6.37. The van der Waals surface area contributed by atoms with Gasteiger partial charge in [-0.1, -0.05) is 23.8 Å². The Hall–Kier alpha value is -3.72. The Labute approximate surface area is 218 Å². The molecule has 0 spiro atoms. The summed E-state index contributed by atoms with van der Waals surface area (Å²) in [5.41, 5.74) is -0.156. The van der Waals surface area contributed by atoms with E-state index in [9.17, 15) is 13.2 Å². The second kappa shape index (κ2) is 12.5. The number of hydrogen-bond donors (Lipinski definition) is 0. The van der Waals surface area contributed by atoms with E-state index in [0.717, 1.165) is 5.56 Å². The molecular weight excluding hydrogens is 496 g/mol. The van der Waals surface area contributed by atoms with Crippen LogP contribution in [-0.2, 0) is 19.6 Å². The van der Waals surface area contributed by atoms with Gasteiger partial charge in [0.2, 0.25) is 0 Å². The van der Waals surface area contributed by atoms with E-state index in [2.05, 4.69) is 0 Å². The van der Waals surface area contributed by atoms with Crippen LogP contribution in [-0.4, -0.2) is 39.8 Å². The van der Waals surface area contributed by atoms with E-state index < -0.39 is 21.7 Å². The summed E-state index contributed by atoms with van der Waals surface area (Å²) in [4.78, 5) is 12.1. The molecule has 37 heavy (non-hydrogen) atoms. The Bertz CT molecular complexity index is 1270. The molecule has 0 aromatic heterocycles. The third-order valence-electron chi connectivity index (χ3n) is 5.11. The first-order valence-electron chi connectivity index (χ1n) is 11.9. The Morgan fingerprint density at radius 3 is 2.05 bits per heavy atom. The summed E-state index contributed by atoms with van der Waals surface area (Å²) in [6.07, 6.45) is 0.611. The topological polar surface area (TPSA) is 97.4 Å². The molecule has 9 heteroatoms. The molecule has 8 nitrogen and oxygen atoms in total. The van der Waals surface area contributed by atoms with Gasteiger partial charge < -0.3 is 23.1 Å². The molecule has 0 N–H and O–H groups in total. The molecule has 3 aromatic rings. The first kappa shape index (κ1) is 27.9. The van der Waals surface area contributed by atoms with Crippen molar-refractivity contribution in [2.45, 2.75) is 44.6 Å². The molecule has 0 fully saturated rings. The third kappa shape index (κ3) is 8.42. The maximum absolute atomic E-state index is 12.4. The van der Waals surface area contributed by atoms with Crippen LogP contribution in [0.25, 0.3) is 0 Å². The summed E-state index contributed by atoms with van der Waals surface area (Å²) in [7, 11) is -3.90. The molecule has 0 aliphatic carbocycles. The molecule has 198 valence electrons. The fourth-order valence-corrected chi connectivity index (χ4v) is 4.11. The van der Waals surface area contributed by atoms with Gasteiger partial charge in [-0.2, -0.15) is 8.42 Å². The minimum atomic E-state index is -3.90. The monoisotopic (exact) mass is 528 g/mol. The van der Waals surface area contributed by atoms with Crippen LogP contribution in [0, 0.1) is 6.92 Å². The number of hydrogen-bond acceptors (Lipinski definition) is 8. The summed E-state index contributed by atoms with van der Waals surface area (Å²) >= 11 is 0. The van der Waals surface area contributed by atoms with Gasteiger partial charge in [-0.25, -0.2) is 4.79 Å². The Kier molecular flexibility index (Phi) is 9.41. The van der Waals surface area contributed by atoms with Gasteiger partial charge in [-0.15, -0.1) is 0 Å². The van der Waals surface area contributed by atoms with E-state index >= 15 is 0 Å². The largest absolute Gasteiger partial charge is 0.493 e. The maximum atomic E-state index is 12.4. The Balaban J connectivity index is 1.43. The summed E-state index contributed by atoms with van der Waals surface area (Å²) in [6.45, 7) is 8.01. The highest BCUT2D eigenvalue weighted by atomic mass is 32.2. The molecule has 3 rings (SSSR count). The SMILES string of the molecule is CCOC(=O)C(C)(C)Oc1cccc(OCCCOc2ccc(OS(=O)(=O)c3ccc(C)cc3)cc2)c1. The van der Waals surface area contributed by atoms with Crippen LogP contribution in [0.5, 0.6) is 23.0 Å². The second-order valence-corrected chi connectivity index (χ2v) is 10.2. The van der Waals surface area contributed by atoms with Crippen molar-refractivity contribution in [1.29, 1.82) is 0 Å². The number of ether oxygens (including phenoxy) is 4. The van der Waals surface area contributed by atoms with Crippen LogP contribution in [0.3, 0.4) is 0 Å². The summed E-state index contributed by atoms with van der Waals surface area (Å²) in [6, 6.07) is 19.9. The number of carbonyl (C=O) groups is 1. The minimum absolute atomic E-state index is 0.0956. The summed E-state index contributed by atoms with van der Waals surface area (Å²) in [5, 5.41) is 0. The summed E-state index contributed by atoms with van der Waals surface area (Å²) in [5.74, 6) is 1.44. The molecule has 0 bridgehead atoms. The van der Waals surface area contributed by atoms with Crippen molar-refractivity contribution in [3.8, 4) is 23.0 Å². The zero-order valence-electron chi connectivity index (χ0n) is 21.4. The highest BCUT2D eigenvalue weighted by molar-refractivity contribution is 7.87. The van der Waals surface area contributed by atoms with E-state index in [1.807, 2.05) is 6.92 Å². The molecule has 0 saturated heterocycles. The lowest BCUT2D eigenvalue weighted by molar-refractivity contribution is -0.158. The van der Waals surface area contributed by atoms with Gasteiger partial charge in [0.1, 0.15) is 27.9 Å². The van der Waals surface area contributed by atoms with Gasteiger partial charge in [0.25, 0.3) is 0 Å². The molecule has 0 saturated carbocycles. The van der Waals surface area contributed by atoms with Crippen molar-refractivity contribution in [3.63, 3.8) is 0 Å². The van der Waals surface area contributed by atoms with Gasteiger partial charge in [0, 0.05) is 12.5 Å². The van der Waals surface area contributed by atoms with E-state index in [-0.39, 0.29) is 17.3 Å². The first-order chi connectivity index (χ1) is 17.6. The van der Waals surface area contributed by atoms with Gasteiger partial charge >= 0.3 is 16.1 Å². The Morgan fingerprint density at radius 2 is 1.41 bits per heavy atom. The van der Waals surface area contributed by atoms with Crippen LogP contribution in [0.1, 0.15) is 32.8 Å². The highest BCUT2D eigenvalue weighted by Gasteiger charge is 2.31. The van der Waals surface area contributed by atoms with Crippen molar-refractivity contribution in [3.05, 3.63) is 78.4 Å². The highest BCUT2D eigenvalue weighted by Crippen LogP contribution is 2.25. The van der Waals surface area contributed by atoms with Crippen LogP contribution >= 0.6 is 0 Å². The molecule has 0 heterocycles. The van der Waals surface area contributed by atoms with E-state index in [1.165, 1.54) is 12.1 Å². The average Bonchev–Trinajstić information content (AvgIpc) is 2.85. The van der Waals surface area contributed by atoms with Crippen LogP contribution in [0.2, 0.25) is 0 Å². The van der Waals surface area contributed by atoms with E-state index in [4.69, 9.17) is 23.1 Å². The minimum Gasteiger partial charge on any atom is -0.493 e. The number of rotatable bonds is 13. The molecule has 3 aromatic carbocycles. The standard InChI is InChI=1S/C28H32O8S/c1-5-32-27(29)28(3,4)35-25-9-6-8-24(20-25)34-19-7-18-33-22-12-14-23(15-13-22)36-37(30,31)26-16-10-21(2)11-17-26/h6,8-17,20H,5,7,18-19H2,1-4H3. The number of benzene rings is 3. The van der Waals surface area contributed by atoms with E-state index in [0.29, 0.717) is 36.9 Å². The predicted molar refractivity (Wildman–Crippen MR) is 139 cm³/mol. The zero-order valence-corrected chi connectivity index (χ0v) is 22.2. The fraction of sp³-hybridized carbons (Fsp3) is 0.321. The molecule has 0 atom stereocenters. The smallest absolute Gasteiger partial charge is 0.349 e. The predicted octanol–water partition coefficient (Wildman–Crippen LogP) is 5.33. The van der Waals surface area contributed by atoms with Crippen molar-refractivity contribution in [2.75, 3.05) is 19.8 Å². The lowest BCUT2D eigenvalue weighted by Crippen LogP contribution is -2.39. The van der Waals surface area contributed by atoms with Crippen LogP contribution < -0.4 is 18.4 Å². The van der Waals surface area contributed by atoms with Crippen molar-refractivity contribution >= 4 is 16.1 Å². The van der Waals surface area contributed by atoms with E-state index in [1.54, 1.807) is 81.4 Å². The number of esters is 1. The molecule has 0 amide bonds. The molecule has 0 aliphatic rings. The van der Waals surface area contributed by atoms with Gasteiger partial charge in [-0.05, 0) is 76.2 Å². The summed E-state index contributed by atoms with van der Waals surface area (Å²) < 4.78 is 52.3. The first-order valence-corrected chi connectivity index (χ1v) is 13.3. The van der Waals surface area contributed by atoms with Gasteiger partial charge in [0.15, 0.2) is 5.60 Å². The zero-order chi connectivity index (χ0) is 26.9. The molecule has 0 radical (unpaired) electrons. The van der Waals surface area contributed by atoms with Crippen molar-refractivity contribution in [1.82, 2.24) is 0 Å². The quantitative estimate of drug-likeness (QED) is 0.167. The maximum Gasteiger partial charge on any atom is 0.349 e. The second-order valence-electron chi connectivity index (χ2n) is 8.68. The van der Waals surface area contributed by atoms with Crippen molar-refractivity contribution in [2.24, 2.45) is 0 Å². The van der Waals surface area contributed by atoms with Crippen LogP contribution in [0.15, 0.2) is 77.7 Å². The Morgan fingerprint density at radius 1 is 0.811 bits per heavy atom. The lowest BCUT2D eigenvalue weighted by atomic mass is 10.1. The number of aryl methyl sites for hydroxylation is 1. The normalized spacial score (nSPS) is 11.5. The van der Waals surface area contributed by atoms with Gasteiger partial charge in [-0.3, -0.25) is 0 Å². The number of carbonyl (C=O) groups excluding carboxylic acids is 1. The molecular formula is C28H32O8S. The van der Waals surface area contributed by atoms with Crippen LogP contribution in [0.4, 0.5) is 0 Å².